The maximum atomic E-state index is 12.0. The number of carbonyl (C=O) groups excluding carboxylic acids is 1. The molecule has 0 aromatic heterocycles. The zero-order chi connectivity index (χ0) is 14.5. The Morgan fingerprint density at radius 3 is 2.50 bits per heavy atom. The first-order chi connectivity index (χ1) is 9.56. The van der Waals surface area contributed by atoms with Crippen LogP contribution in [0.4, 0.5) is 5.69 Å². The molecule has 102 valence electrons. The summed E-state index contributed by atoms with van der Waals surface area (Å²) in [6.45, 7) is 3.77. The minimum Gasteiger partial charge on any atom is -0.399 e. The third kappa shape index (κ3) is 3.45. The summed E-state index contributed by atoms with van der Waals surface area (Å²) in [5.41, 5.74) is 12.2. The summed E-state index contributed by atoms with van der Waals surface area (Å²) < 4.78 is 0. The zero-order valence-corrected chi connectivity index (χ0v) is 11.6. The highest BCUT2D eigenvalue weighted by molar-refractivity contribution is 6.01. The lowest BCUT2D eigenvalue weighted by molar-refractivity contribution is 0.0954. The molecule has 0 aliphatic rings. The van der Waals surface area contributed by atoms with Crippen LogP contribution >= 0.6 is 0 Å². The van der Waals surface area contributed by atoms with Gasteiger partial charge in [0.2, 0.25) is 0 Å². The molecule has 0 atom stereocenters. The average Bonchev–Trinajstić information content (AvgIpc) is 2.44. The van der Waals surface area contributed by atoms with Gasteiger partial charge in [-0.25, -0.2) is 5.43 Å². The Kier molecular flexibility index (Phi) is 4.15. The summed E-state index contributed by atoms with van der Waals surface area (Å²) in [7, 11) is 0. The van der Waals surface area contributed by atoms with Crippen molar-refractivity contribution < 1.29 is 4.79 Å². The number of aryl methyl sites for hydroxylation is 1. The van der Waals surface area contributed by atoms with Crippen molar-refractivity contribution in [2.75, 3.05) is 5.73 Å². The quantitative estimate of drug-likeness (QED) is 0.510. The second kappa shape index (κ2) is 6.02. The molecule has 0 aliphatic carbocycles. The SMILES string of the molecule is C/C(=N\NC(=O)c1cccc(C)c1)c1cccc(N)c1. The number of hydrazone groups is 1. The highest BCUT2D eigenvalue weighted by Gasteiger charge is 2.04. The van der Waals surface area contributed by atoms with Crippen molar-refractivity contribution in [3.63, 3.8) is 0 Å². The van der Waals surface area contributed by atoms with Crippen LogP contribution in [0.25, 0.3) is 0 Å². The fraction of sp³-hybridized carbons (Fsp3) is 0.125. The van der Waals surface area contributed by atoms with Crippen LogP contribution in [0.2, 0.25) is 0 Å². The number of anilines is 1. The molecular formula is C16H17N3O. The Hall–Kier alpha value is -2.62. The number of hydrogen-bond donors (Lipinski definition) is 2. The Morgan fingerprint density at radius 1 is 1.10 bits per heavy atom. The van der Waals surface area contributed by atoms with E-state index in [1.54, 1.807) is 6.07 Å². The molecule has 0 radical (unpaired) electrons. The van der Waals surface area contributed by atoms with Crippen molar-refractivity contribution in [2.45, 2.75) is 13.8 Å². The lowest BCUT2D eigenvalue weighted by atomic mass is 10.1. The molecule has 2 aromatic carbocycles. The van der Waals surface area contributed by atoms with Gasteiger partial charge in [-0.05, 0) is 43.7 Å². The van der Waals surface area contributed by atoms with Crippen LogP contribution in [0, 0.1) is 6.92 Å². The molecule has 0 spiro atoms. The normalized spacial score (nSPS) is 11.2. The number of amides is 1. The lowest BCUT2D eigenvalue weighted by Crippen LogP contribution is -2.19. The van der Waals surface area contributed by atoms with Crippen LogP contribution in [-0.2, 0) is 0 Å². The van der Waals surface area contributed by atoms with E-state index >= 15 is 0 Å². The van der Waals surface area contributed by atoms with Gasteiger partial charge in [0.25, 0.3) is 5.91 Å². The van der Waals surface area contributed by atoms with Gasteiger partial charge in [0.15, 0.2) is 0 Å². The fourth-order valence-electron chi connectivity index (χ4n) is 1.81. The molecule has 2 aromatic rings. The summed E-state index contributed by atoms with van der Waals surface area (Å²) in [6, 6.07) is 14.7. The van der Waals surface area contributed by atoms with Crippen LogP contribution in [0.5, 0.6) is 0 Å². The molecule has 0 saturated carbocycles. The fourth-order valence-corrected chi connectivity index (χ4v) is 1.81. The molecule has 0 bridgehead atoms. The largest absolute Gasteiger partial charge is 0.399 e. The maximum absolute atomic E-state index is 12.0. The predicted octanol–water partition coefficient (Wildman–Crippen LogP) is 2.73. The number of nitrogen functional groups attached to an aromatic ring is 1. The van der Waals surface area contributed by atoms with Gasteiger partial charge in [0.1, 0.15) is 0 Å². The molecule has 0 fully saturated rings. The molecule has 1 amide bonds. The van der Waals surface area contributed by atoms with Crippen LogP contribution in [0.15, 0.2) is 53.6 Å². The highest BCUT2D eigenvalue weighted by Crippen LogP contribution is 2.08. The van der Waals surface area contributed by atoms with E-state index in [9.17, 15) is 4.79 Å². The van der Waals surface area contributed by atoms with Gasteiger partial charge in [0.05, 0.1) is 5.71 Å². The number of carbonyl (C=O) groups is 1. The topological polar surface area (TPSA) is 67.5 Å². The molecular weight excluding hydrogens is 250 g/mol. The number of nitrogens with one attached hydrogen (secondary N) is 1. The van der Waals surface area contributed by atoms with Crippen molar-refractivity contribution in [1.82, 2.24) is 5.43 Å². The summed E-state index contributed by atoms with van der Waals surface area (Å²) in [5, 5.41) is 4.10. The summed E-state index contributed by atoms with van der Waals surface area (Å²) >= 11 is 0. The van der Waals surface area contributed by atoms with E-state index in [1.807, 2.05) is 56.3 Å². The Morgan fingerprint density at radius 2 is 1.80 bits per heavy atom. The van der Waals surface area contributed by atoms with E-state index in [-0.39, 0.29) is 5.91 Å². The molecule has 0 aliphatic heterocycles. The summed E-state index contributed by atoms with van der Waals surface area (Å²) in [5.74, 6) is -0.225. The number of nitrogens with zero attached hydrogens (tertiary/aromatic N) is 1. The van der Waals surface area contributed by atoms with Crippen molar-refractivity contribution in [1.29, 1.82) is 0 Å². The smallest absolute Gasteiger partial charge is 0.271 e. The highest BCUT2D eigenvalue weighted by atomic mass is 16.2. The van der Waals surface area contributed by atoms with E-state index in [4.69, 9.17) is 5.73 Å². The van der Waals surface area contributed by atoms with Gasteiger partial charge in [0, 0.05) is 11.3 Å². The first-order valence-electron chi connectivity index (χ1n) is 6.33. The second-order valence-electron chi connectivity index (χ2n) is 4.63. The van der Waals surface area contributed by atoms with E-state index < -0.39 is 0 Å². The standard InChI is InChI=1S/C16H17N3O/c1-11-5-3-7-14(9-11)16(20)19-18-12(2)13-6-4-8-15(17)10-13/h3-10H,17H2,1-2H3,(H,19,20)/b18-12+. The van der Waals surface area contributed by atoms with Crippen LogP contribution in [0.3, 0.4) is 0 Å². The third-order valence-electron chi connectivity index (χ3n) is 2.91. The predicted molar refractivity (Wildman–Crippen MR) is 81.7 cm³/mol. The minimum absolute atomic E-state index is 0.225. The van der Waals surface area contributed by atoms with Gasteiger partial charge >= 0.3 is 0 Å². The summed E-state index contributed by atoms with van der Waals surface area (Å²) in [4.78, 5) is 12.0. The second-order valence-corrected chi connectivity index (χ2v) is 4.63. The number of rotatable bonds is 3. The zero-order valence-electron chi connectivity index (χ0n) is 11.6. The molecule has 0 saturated heterocycles. The molecule has 2 rings (SSSR count). The third-order valence-corrected chi connectivity index (χ3v) is 2.91. The van der Waals surface area contributed by atoms with Crippen LogP contribution in [0.1, 0.15) is 28.4 Å². The minimum atomic E-state index is -0.225. The van der Waals surface area contributed by atoms with Gasteiger partial charge in [-0.3, -0.25) is 4.79 Å². The molecule has 20 heavy (non-hydrogen) atoms. The van der Waals surface area contributed by atoms with E-state index in [0.29, 0.717) is 17.0 Å². The lowest BCUT2D eigenvalue weighted by Gasteiger charge is -2.04. The first kappa shape index (κ1) is 13.8. The Bertz CT molecular complexity index is 662. The monoisotopic (exact) mass is 267 g/mol. The first-order valence-corrected chi connectivity index (χ1v) is 6.33. The number of nitrogens with two attached hydrogens (primary N) is 1. The van der Waals surface area contributed by atoms with Gasteiger partial charge < -0.3 is 5.73 Å². The van der Waals surface area contributed by atoms with Crippen molar-refractivity contribution in [3.05, 3.63) is 65.2 Å². The molecule has 4 heteroatoms. The van der Waals surface area contributed by atoms with E-state index in [2.05, 4.69) is 10.5 Å². The van der Waals surface area contributed by atoms with Crippen molar-refractivity contribution in [3.8, 4) is 0 Å². The van der Waals surface area contributed by atoms with Gasteiger partial charge in [-0.15, -0.1) is 0 Å². The van der Waals surface area contributed by atoms with Crippen molar-refractivity contribution in [2.24, 2.45) is 5.10 Å². The molecule has 0 unspecified atom stereocenters. The maximum Gasteiger partial charge on any atom is 0.271 e. The van der Waals surface area contributed by atoms with Gasteiger partial charge in [-0.2, -0.15) is 5.10 Å². The van der Waals surface area contributed by atoms with Gasteiger partial charge in [-0.1, -0.05) is 29.8 Å². The molecule has 0 heterocycles. The molecule has 3 N–H and O–H groups in total. The summed E-state index contributed by atoms with van der Waals surface area (Å²) in [6.07, 6.45) is 0. The Labute approximate surface area is 118 Å². The van der Waals surface area contributed by atoms with Crippen molar-refractivity contribution >= 4 is 17.3 Å². The molecule has 4 nitrogen and oxygen atoms in total. The van der Waals surface area contributed by atoms with Crippen LogP contribution in [-0.4, -0.2) is 11.6 Å². The number of benzene rings is 2. The van der Waals surface area contributed by atoms with Crippen LogP contribution < -0.4 is 11.2 Å². The number of hydrogen-bond acceptors (Lipinski definition) is 3. The average molecular weight is 267 g/mol. The van der Waals surface area contributed by atoms with E-state index in [1.165, 1.54) is 0 Å². The van der Waals surface area contributed by atoms with E-state index in [0.717, 1.165) is 11.1 Å². The Balaban J connectivity index is 2.11.